The second kappa shape index (κ2) is 5.98. The molecule has 1 heterocycles. The van der Waals surface area contributed by atoms with E-state index < -0.39 is 16.0 Å². The molecule has 0 saturated heterocycles. The molecule has 0 aliphatic heterocycles. The summed E-state index contributed by atoms with van der Waals surface area (Å²) in [5.74, 6) is -0.432. The van der Waals surface area contributed by atoms with Gasteiger partial charge in [0.25, 0.3) is 0 Å². The first kappa shape index (κ1) is 15.1. The van der Waals surface area contributed by atoms with Gasteiger partial charge in [-0.15, -0.1) is 0 Å². The lowest BCUT2D eigenvalue weighted by atomic mass is 10.3. The van der Waals surface area contributed by atoms with Crippen molar-refractivity contribution in [2.75, 3.05) is 12.4 Å². The number of ether oxygens (including phenoxy) is 1. The fourth-order valence-electron chi connectivity index (χ4n) is 1.73. The Labute approximate surface area is 122 Å². The molecule has 0 atom stereocenters. The Kier molecular flexibility index (Phi) is 4.29. The number of carbonyl (C=O) groups excluding carboxylic acids is 1. The third kappa shape index (κ3) is 3.83. The number of anilines is 1. The predicted octanol–water partition coefficient (Wildman–Crippen LogP) is 1.06. The minimum Gasteiger partial charge on any atom is -0.464 e. The van der Waals surface area contributed by atoms with Crippen LogP contribution >= 0.6 is 0 Å². The molecular weight excluding hydrogens is 294 g/mol. The molecule has 2 rings (SSSR count). The molecular formula is C13H15N3O4S. The molecule has 7 nitrogen and oxygen atoms in total. The predicted molar refractivity (Wildman–Crippen MR) is 77.3 cm³/mol. The van der Waals surface area contributed by atoms with Gasteiger partial charge < -0.3 is 15.0 Å². The van der Waals surface area contributed by atoms with E-state index in [-0.39, 0.29) is 4.90 Å². The van der Waals surface area contributed by atoms with Crippen LogP contribution in [0.25, 0.3) is 0 Å². The number of esters is 1. The Morgan fingerprint density at radius 2 is 1.90 bits per heavy atom. The molecule has 112 valence electrons. The topological polar surface area (TPSA) is 114 Å². The average molecular weight is 309 g/mol. The van der Waals surface area contributed by atoms with Crippen LogP contribution in [0.15, 0.2) is 41.3 Å². The van der Waals surface area contributed by atoms with E-state index in [2.05, 4.69) is 15.0 Å². The van der Waals surface area contributed by atoms with Crippen molar-refractivity contribution in [3.8, 4) is 0 Å². The Morgan fingerprint density at radius 1 is 1.24 bits per heavy atom. The van der Waals surface area contributed by atoms with E-state index in [1.807, 2.05) is 0 Å². The van der Waals surface area contributed by atoms with Gasteiger partial charge in [0, 0.05) is 11.4 Å². The highest BCUT2D eigenvalue weighted by molar-refractivity contribution is 7.89. The Balaban J connectivity index is 2.00. The molecule has 8 heteroatoms. The molecule has 1 aromatic carbocycles. The minimum atomic E-state index is -3.68. The summed E-state index contributed by atoms with van der Waals surface area (Å²) in [5.41, 5.74) is 1.90. The minimum absolute atomic E-state index is 0.0564. The van der Waals surface area contributed by atoms with Crippen molar-refractivity contribution in [3.63, 3.8) is 0 Å². The molecule has 4 N–H and O–H groups in total. The molecule has 1 aromatic heterocycles. The zero-order valence-electron chi connectivity index (χ0n) is 11.3. The van der Waals surface area contributed by atoms with Crippen LogP contribution < -0.4 is 10.5 Å². The highest BCUT2D eigenvalue weighted by Gasteiger charge is 2.08. The van der Waals surface area contributed by atoms with Gasteiger partial charge in [0.2, 0.25) is 10.0 Å². The van der Waals surface area contributed by atoms with Crippen LogP contribution in [0.3, 0.4) is 0 Å². The molecule has 0 spiro atoms. The molecule has 0 aliphatic carbocycles. The molecule has 0 fully saturated rings. The smallest absolute Gasteiger partial charge is 0.354 e. The van der Waals surface area contributed by atoms with Crippen molar-refractivity contribution in [1.29, 1.82) is 0 Å². The number of hydrogen-bond donors (Lipinski definition) is 3. The number of nitrogens with one attached hydrogen (secondary N) is 2. The Hall–Kier alpha value is -2.32. The highest BCUT2D eigenvalue weighted by atomic mass is 32.2. The summed E-state index contributed by atoms with van der Waals surface area (Å²) in [7, 11) is -2.37. The monoisotopic (exact) mass is 309 g/mol. The summed E-state index contributed by atoms with van der Waals surface area (Å²) < 4.78 is 26.9. The second-order valence-corrected chi connectivity index (χ2v) is 5.87. The van der Waals surface area contributed by atoms with Crippen LogP contribution in [-0.4, -0.2) is 26.5 Å². The van der Waals surface area contributed by atoms with Crippen molar-refractivity contribution in [2.45, 2.75) is 11.4 Å². The van der Waals surface area contributed by atoms with Crippen LogP contribution in [0.2, 0.25) is 0 Å². The fourth-order valence-corrected chi connectivity index (χ4v) is 2.25. The second-order valence-electron chi connectivity index (χ2n) is 4.31. The van der Waals surface area contributed by atoms with Crippen molar-refractivity contribution in [3.05, 3.63) is 47.8 Å². The number of aromatic nitrogens is 1. The molecule has 0 unspecified atom stereocenters. The van der Waals surface area contributed by atoms with Crippen molar-refractivity contribution >= 4 is 21.7 Å². The van der Waals surface area contributed by atoms with Crippen LogP contribution in [0, 0.1) is 0 Å². The highest BCUT2D eigenvalue weighted by Crippen LogP contribution is 2.14. The fraction of sp³-hybridized carbons (Fsp3) is 0.154. The maximum atomic E-state index is 11.3. The zero-order valence-corrected chi connectivity index (χ0v) is 12.1. The first-order valence-electron chi connectivity index (χ1n) is 6.03. The van der Waals surface area contributed by atoms with Crippen LogP contribution in [-0.2, 0) is 21.3 Å². The van der Waals surface area contributed by atoms with E-state index in [9.17, 15) is 13.2 Å². The number of methoxy groups -OCH3 is 1. The quantitative estimate of drug-likeness (QED) is 0.715. The number of carbonyl (C=O) groups is 1. The third-order valence-electron chi connectivity index (χ3n) is 2.82. The summed E-state index contributed by atoms with van der Waals surface area (Å²) in [6.07, 6.45) is 0. The summed E-state index contributed by atoms with van der Waals surface area (Å²) in [6, 6.07) is 9.47. The van der Waals surface area contributed by atoms with Crippen LogP contribution in [0.1, 0.15) is 16.2 Å². The van der Waals surface area contributed by atoms with Gasteiger partial charge in [0.15, 0.2) is 0 Å². The summed E-state index contributed by atoms with van der Waals surface area (Å²) in [5, 5.41) is 8.11. The number of aromatic amines is 1. The molecule has 0 saturated carbocycles. The van der Waals surface area contributed by atoms with E-state index in [1.165, 1.54) is 19.2 Å². The van der Waals surface area contributed by atoms with E-state index in [0.29, 0.717) is 12.2 Å². The number of rotatable bonds is 5. The van der Waals surface area contributed by atoms with Crippen LogP contribution in [0.5, 0.6) is 0 Å². The van der Waals surface area contributed by atoms with E-state index >= 15 is 0 Å². The molecule has 0 aliphatic rings. The maximum Gasteiger partial charge on any atom is 0.354 e. The van der Waals surface area contributed by atoms with Gasteiger partial charge >= 0.3 is 5.97 Å². The molecule has 21 heavy (non-hydrogen) atoms. The first-order chi connectivity index (χ1) is 9.90. The SMILES string of the molecule is COC(=O)c1ccc(CNc2ccc(S(N)(=O)=O)cc2)[nH]1. The Morgan fingerprint density at radius 3 is 2.48 bits per heavy atom. The third-order valence-corrected chi connectivity index (χ3v) is 3.75. The van der Waals surface area contributed by atoms with Crippen molar-refractivity contribution in [2.24, 2.45) is 5.14 Å². The Bertz CT molecular complexity index is 735. The molecule has 2 aromatic rings. The normalized spacial score (nSPS) is 11.1. The van der Waals surface area contributed by atoms with E-state index in [1.54, 1.807) is 24.3 Å². The van der Waals surface area contributed by atoms with Gasteiger partial charge in [0.1, 0.15) is 5.69 Å². The van der Waals surface area contributed by atoms with Gasteiger partial charge in [-0.3, -0.25) is 0 Å². The van der Waals surface area contributed by atoms with Crippen molar-refractivity contribution in [1.82, 2.24) is 4.98 Å². The lowest BCUT2D eigenvalue weighted by molar-refractivity contribution is 0.0594. The first-order valence-corrected chi connectivity index (χ1v) is 7.58. The largest absolute Gasteiger partial charge is 0.464 e. The zero-order chi connectivity index (χ0) is 15.5. The molecule has 0 bridgehead atoms. The van der Waals surface area contributed by atoms with Gasteiger partial charge in [-0.1, -0.05) is 0 Å². The standard InChI is InChI=1S/C13H15N3O4S/c1-20-13(17)12-7-4-10(16-12)8-15-9-2-5-11(6-3-9)21(14,18)19/h2-7,15-16H,8H2,1H3,(H2,14,18,19). The van der Waals surface area contributed by atoms with Gasteiger partial charge in [-0.05, 0) is 36.4 Å². The van der Waals surface area contributed by atoms with Gasteiger partial charge in [-0.2, -0.15) is 0 Å². The lowest BCUT2D eigenvalue weighted by Crippen LogP contribution is -2.12. The number of benzene rings is 1. The number of H-pyrrole nitrogens is 1. The lowest BCUT2D eigenvalue weighted by Gasteiger charge is -2.06. The molecule has 0 amide bonds. The van der Waals surface area contributed by atoms with E-state index in [0.717, 1.165) is 11.4 Å². The molecule has 0 radical (unpaired) electrons. The summed E-state index contributed by atoms with van der Waals surface area (Å²) >= 11 is 0. The summed E-state index contributed by atoms with van der Waals surface area (Å²) in [6.45, 7) is 0.450. The van der Waals surface area contributed by atoms with Gasteiger partial charge in [-0.25, -0.2) is 18.4 Å². The number of nitrogens with two attached hydrogens (primary N) is 1. The maximum absolute atomic E-state index is 11.3. The summed E-state index contributed by atoms with van der Waals surface area (Å²) in [4.78, 5) is 14.3. The average Bonchev–Trinajstić information content (AvgIpc) is 2.92. The van der Waals surface area contributed by atoms with Gasteiger partial charge in [0.05, 0.1) is 18.6 Å². The van der Waals surface area contributed by atoms with E-state index in [4.69, 9.17) is 5.14 Å². The number of primary sulfonamides is 1. The van der Waals surface area contributed by atoms with Crippen molar-refractivity contribution < 1.29 is 17.9 Å². The number of hydrogen-bond acceptors (Lipinski definition) is 5. The number of sulfonamides is 1. The van der Waals surface area contributed by atoms with Crippen LogP contribution in [0.4, 0.5) is 5.69 Å².